The number of hydrogen-bond acceptors (Lipinski definition) is 4. The van der Waals surface area contributed by atoms with Crippen LogP contribution in [0, 0.1) is 0 Å². The Balaban J connectivity index is 2.37. The van der Waals surface area contributed by atoms with Gasteiger partial charge in [-0.05, 0) is 0 Å². The molecular weight excluding hydrogens is 268 g/mol. The lowest BCUT2D eigenvalue weighted by atomic mass is 10.00. The molecule has 0 spiro atoms. The molecule has 3 aromatic heterocycles. The van der Waals surface area contributed by atoms with Crippen molar-refractivity contribution in [2.75, 3.05) is 7.11 Å². The summed E-state index contributed by atoms with van der Waals surface area (Å²) in [6.07, 6.45) is 10.9. The summed E-state index contributed by atoms with van der Waals surface area (Å²) < 4.78 is 11.7. The summed E-state index contributed by atoms with van der Waals surface area (Å²) in [6.45, 7) is 0. The van der Waals surface area contributed by atoms with E-state index in [0.717, 1.165) is 17.5 Å². The molecule has 7 heteroatoms. The number of methoxy groups -OCH3 is 1. The summed E-state index contributed by atoms with van der Waals surface area (Å²) >= 11 is 0. The molecule has 0 bridgehead atoms. The van der Waals surface area contributed by atoms with Crippen molar-refractivity contribution in [2.24, 2.45) is 21.1 Å². The second kappa shape index (κ2) is 4.85. The molecule has 0 amide bonds. The molecule has 0 N–H and O–H groups in total. The van der Waals surface area contributed by atoms with Crippen molar-refractivity contribution in [3.8, 4) is 0 Å². The molecule has 0 saturated carbocycles. The van der Waals surface area contributed by atoms with E-state index in [-0.39, 0.29) is 0 Å². The number of ether oxygens (including phenoxy) is 1. The van der Waals surface area contributed by atoms with Crippen LogP contribution in [0.15, 0.2) is 37.2 Å². The molecule has 0 aromatic carbocycles. The van der Waals surface area contributed by atoms with Gasteiger partial charge in [0.25, 0.3) is 0 Å². The second-order valence-corrected chi connectivity index (χ2v) is 4.97. The van der Waals surface area contributed by atoms with Crippen LogP contribution in [0.25, 0.3) is 0 Å². The van der Waals surface area contributed by atoms with Gasteiger partial charge in [0, 0.05) is 65.4 Å². The van der Waals surface area contributed by atoms with E-state index in [9.17, 15) is 0 Å². The molecule has 0 unspecified atom stereocenters. The molecule has 0 aliphatic heterocycles. The summed E-state index contributed by atoms with van der Waals surface area (Å²) in [7, 11) is 7.45. The molecule has 3 aromatic rings. The van der Waals surface area contributed by atoms with E-state index >= 15 is 0 Å². The Kier molecular flexibility index (Phi) is 3.13. The van der Waals surface area contributed by atoms with Crippen LogP contribution in [-0.2, 0) is 31.5 Å². The van der Waals surface area contributed by atoms with Crippen LogP contribution in [0.3, 0.4) is 0 Å². The van der Waals surface area contributed by atoms with Crippen molar-refractivity contribution in [3.05, 3.63) is 54.7 Å². The highest BCUT2D eigenvalue weighted by molar-refractivity contribution is 5.31. The largest absolute Gasteiger partial charge is 0.356 e. The van der Waals surface area contributed by atoms with Gasteiger partial charge < -0.3 is 18.4 Å². The van der Waals surface area contributed by atoms with Crippen LogP contribution in [0.1, 0.15) is 17.5 Å². The van der Waals surface area contributed by atoms with Crippen LogP contribution in [0.2, 0.25) is 0 Å². The minimum absolute atomic E-state index is 0.730. The average Bonchev–Trinajstić information content (AvgIpc) is 3.17. The van der Waals surface area contributed by atoms with Gasteiger partial charge in [-0.25, -0.2) is 15.0 Å². The van der Waals surface area contributed by atoms with Gasteiger partial charge in [0.15, 0.2) is 17.5 Å². The van der Waals surface area contributed by atoms with Crippen molar-refractivity contribution >= 4 is 0 Å². The van der Waals surface area contributed by atoms with Crippen molar-refractivity contribution in [1.29, 1.82) is 0 Å². The van der Waals surface area contributed by atoms with Crippen molar-refractivity contribution in [2.45, 2.75) is 5.60 Å². The standard InChI is InChI=1S/C14H18N6O/c1-18-8-5-15-11(18)14(21-4,12-16-6-9-19(12)2)13-17-7-10-20(13)3/h5-10H,1-4H3. The predicted molar refractivity (Wildman–Crippen MR) is 76.5 cm³/mol. The Morgan fingerprint density at radius 1 is 0.762 bits per heavy atom. The quantitative estimate of drug-likeness (QED) is 0.712. The first kappa shape index (κ1) is 13.6. The van der Waals surface area contributed by atoms with Gasteiger partial charge in [0.1, 0.15) is 0 Å². The number of imidazole rings is 3. The second-order valence-electron chi connectivity index (χ2n) is 4.97. The Labute approximate surface area is 122 Å². The van der Waals surface area contributed by atoms with E-state index in [0.29, 0.717) is 0 Å². The maximum Gasteiger partial charge on any atom is 0.241 e. The number of nitrogens with zero attached hydrogens (tertiary/aromatic N) is 6. The molecular formula is C14H18N6O. The fraction of sp³-hybridized carbons (Fsp3) is 0.357. The SMILES string of the molecule is COC(c1nccn1C)(c1nccn1C)c1nccn1C. The summed E-state index contributed by atoms with van der Waals surface area (Å²) in [5.74, 6) is 2.19. The van der Waals surface area contributed by atoms with Gasteiger partial charge >= 0.3 is 0 Å². The van der Waals surface area contributed by atoms with Gasteiger partial charge in [0.2, 0.25) is 5.60 Å². The van der Waals surface area contributed by atoms with Crippen LogP contribution < -0.4 is 0 Å². The summed E-state index contributed by atoms with van der Waals surface area (Å²) in [5, 5.41) is 0. The molecule has 0 aliphatic carbocycles. The molecule has 3 rings (SSSR count). The molecule has 110 valence electrons. The monoisotopic (exact) mass is 286 g/mol. The van der Waals surface area contributed by atoms with Gasteiger partial charge in [-0.15, -0.1) is 0 Å². The van der Waals surface area contributed by atoms with E-state index in [2.05, 4.69) is 15.0 Å². The maximum absolute atomic E-state index is 5.96. The minimum Gasteiger partial charge on any atom is -0.356 e. The first-order valence-electron chi connectivity index (χ1n) is 6.59. The van der Waals surface area contributed by atoms with Crippen LogP contribution >= 0.6 is 0 Å². The smallest absolute Gasteiger partial charge is 0.241 e. The lowest BCUT2D eigenvalue weighted by Crippen LogP contribution is -2.39. The lowest BCUT2D eigenvalue weighted by Gasteiger charge is -2.30. The number of aryl methyl sites for hydroxylation is 3. The molecule has 0 saturated heterocycles. The van der Waals surface area contributed by atoms with Gasteiger partial charge in [0.05, 0.1) is 0 Å². The Morgan fingerprint density at radius 2 is 1.10 bits per heavy atom. The average molecular weight is 286 g/mol. The highest BCUT2D eigenvalue weighted by Gasteiger charge is 2.46. The van der Waals surface area contributed by atoms with Crippen molar-refractivity contribution in [1.82, 2.24) is 28.7 Å². The Morgan fingerprint density at radius 3 is 1.29 bits per heavy atom. The topological polar surface area (TPSA) is 62.7 Å². The molecule has 3 heterocycles. The summed E-state index contributed by atoms with van der Waals surface area (Å²) in [5.41, 5.74) is -0.964. The van der Waals surface area contributed by atoms with Gasteiger partial charge in [-0.1, -0.05) is 0 Å². The highest BCUT2D eigenvalue weighted by Crippen LogP contribution is 2.36. The zero-order valence-corrected chi connectivity index (χ0v) is 12.6. The molecule has 0 radical (unpaired) electrons. The maximum atomic E-state index is 5.96. The first-order valence-corrected chi connectivity index (χ1v) is 6.59. The zero-order valence-electron chi connectivity index (χ0n) is 12.6. The third-order valence-electron chi connectivity index (χ3n) is 3.71. The highest BCUT2D eigenvalue weighted by atomic mass is 16.5. The van der Waals surface area contributed by atoms with E-state index in [4.69, 9.17) is 4.74 Å². The number of rotatable bonds is 4. The first-order chi connectivity index (χ1) is 10.1. The van der Waals surface area contributed by atoms with Gasteiger partial charge in [-0.2, -0.15) is 0 Å². The Bertz CT molecular complexity index is 655. The summed E-state index contributed by atoms with van der Waals surface area (Å²) in [6, 6.07) is 0. The molecule has 0 atom stereocenters. The zero-order chi connectivity index (χ0) is 15.0. The predicted octanol–water partition coefficient (Wildman–Crippen LogP) is 0.825. The van der Waals surface area contributed by atoms with Crippen LogP contribution in [-0.4, -0.2) is 35.8 Å². The van der Waals surface area contributed by atoms with Gasteiger partial charge in [-0.3, -0.25) is 0 Å². The fourth-order valence-corrected chi connectivity index (χ4v) is 2.69. The fourth-order valence-electron chi connectivity index (χ4n) is 2.69. The van der Waals surface area contributed by atoms with E-state index in [1.807, 2.05) is 53.4 Å². The normalized spacial score (nSPS) is 12.0. The van der Waals surface area contributed by atoms with Crippen LogP contribution in [0.4, 0.5) is 0 Å². The summed E-state index contributed by atoms with van der Waals surface area (Å²) in [4.78, 5) is 13.5. The number of aromatic nitrogens is 6. The third-order valence-corrected chi connectivity index (χ3v) is 3.71. The Hall–Kier alpha value is -2.41. The molecule has 21 heavy (non-hydrogen) atoms. The van der Waals surface area contributed by atoms with E-state index in [1.54, 1.807) is 25.7 Å². The van der Waals surface area contributed by atoms with Crippen LogP contribution in [0.5, 0.6) is 0 Å². The molecule has 0 fully saturated rings. The van der Waals surface area contributed by atoms with E-state index in [1.165, 1.54) is 0 Å². The van der Waals surface area contributed by atoms with Crippen molar-refractivity contribution in [3.63, 3.8) is 0 Å². The lowest BCUT2D eigenvalue weighted by molar-refractivity contribution is 0.0290. The van der Waals surface area contributed by atoms with E-state index < -0.39 is 5.60 Å². The number of hydrogen-bond donors (Lipinski definition) is 0. The minimum atomic E-state index is -0.964. The molecule has 0 aliphatic rings. The van der Waals surface area contributed by atoms with Crippen molar-refractivity contribution < 1.29 is 4.74 Å². The molecule has 7 nitrogen and oxygen atoms in total. The third kappa shape index (κ3) is 1.81.